The van der Waals surface area contributed by atoms with Gasteiger partial charge < -0.3 is 25.3 Å². The van der Waals surface area contributed by atoms with Crippen LogP contribution in [0.25, 0.3) is 10.9 Å². The Kier molecular flexibility index (Phi) is 8.38. The van der Waals surface area contributed by atoms with Crippen LogP contribution in [0, 0.1) is 5.41 Å². The van der Waals surface area contributed by atoms with Crippen molar-refractivity contribution in [2.45, 2.75) is 45.2 Å². The highest BCUT2D eigenvalue weighted by molar-refractivity contribution is 5.84. The van der Waals surface area contributed by atoms with E-state index in [1.807, 2.05) is 97.4 Å². The van der Waals surface area contributed by atoms with Crippen molar-refractivity contribution in [3.63, 3.8) is 0 Å². The van der Waals surface area contributed by atoms with Gasteiger partial charge in [-0.3, -0.25) is 9.59 Å². The summed E-state index contributed by atoms with van der Waals surface area (Å²) in [5.41, 5.74) is 9.17. The lowest BCUT2D eigenvalue weighted by Crippen LogP contribution is -2.39. The van der Waals surface area contributed by atoms with Gasteiger partial charge >= 0.3 is 0 Å². The van der Waals surface area contributed by atoms with E-state index in [1.54, 1.807) is 7.11 Å². The topological polar surface area (TPSA) is 128 Å². The van der Waals surface area contributed by atoms with E-state index >= 15 is 0 Å². The van der Waals surface area contributed by atoms with E-state index < -0.39 is 23.3 Å². The first-order valence-corrected chi connectivity index (χ1v) is 14.0. The van der Waals surface area contributed by atoms with E-state index in [0.29, 0.717) is 37.4 Å². The molecule has 5 rings (SSSR count). The molecule has 3 aromatic carbocycles. The molecular weight excluding hydrogens is 528 g/mol. The SMILES string of the molecule is COc1ccc(Cn2c([C@@H](Cc3ccccc3)NC=O)nnc2[C@H](Cc2c[nH]c3ccccc23)C(C)(C)C(N)=O)cc1. The number of fused-ring (bicyclic) bond motifs is 1. The first-order chi connectivity index (χ1) is 20.3. The zero-order chi connectivity index (χ0) is 29.7. The molecular formula is C33H36N6O3. The maximum atomic E-state index is 12.9. The minimum absolute atomic E-state index is 0.415. The molecule has 0 aliphatic heterocycles. The van der Waals surface area contributed by atoms with Crippen LogP contribution >= 0.6 is 0 Å². The minimum atomic E-state index is -0.965. The number of hydrogen-bond donors (Lipinski definition) is 3. The highest BCUT2D eigenvalue weighted by Crippen LogP contribution is 2.40. The summed E-state index contributed by atoms with van der Waals surface area (Å²) in [5.74, 6) is 1.13. The van der Waals surface area contributed by atoms with Crippen LogP contribution in [-0.4, -0.2) is 39.2 Å². The van der Waals surface area contributed by atoms with Gasteiger partial charge in [-0.25, -0.2) is 0 Å². The van der Waals surface area contributed by atoms with Crippen molar-refractivity contribution >= 4 is 23.2 Å². The van der Waals surface area contributed by atoms with E-state index in [1.165, 1.54) is 0 Å². The molecule has 4 N–H and O–H groups in total. The zero-order valence-electron chi connectivity index (χ0n) is 24.1. The molecule has 0 aliphatic rings. The molecule has 0 unspecified atom stereocenters. The molecule has 216 valence electrons. The number of carbonyl (C=O) groups is 2. The van der Waals surface area contributed by atoms with Crippen LogP contribution in [-0.2, 0) is 29.0 Å². The average Bonchev–Trinajstić information content (AvgIpc) is 3.60. The van der Waals surface area contributed by atoms with Gasteiger partial charge in [-0.05, 0) is 47.7 Å². The van der Waals surface area contributed by atoms with Gasteiger partial charge in [0.15, 0.2) is 5.82 Å². The Morgan fingerprint density at radius 1 is 0.976 bits per heavy atom. The van der Waals surface area contributed by atoms with Crippen molar-refractivity contribution in [2.24, 2.45) is 11.1 Å². The fraction of sp³-hybridized carbons (Fsp3) is 0.273. The molecule has 5 aromatic rings. The monoisotopic (exact) mass is 564 g/mol. The van der Waals surface area contributed by atoms with Crippen LogP contribution in [0.3, 0.4) is 0 Å². The number of nitrogens with one attached hydrogen (secondary N) is 2. The van der Waals surface area contributed by atoms with Crippen LogP contribution in [0.5, 0.6) is 5.75 Å². The summed E-state index contributed by atoms with van der Waals surface area (Å²) in [6, 6.07) is 25.3. The van der Waals surface area contributed by atoms with Crippen molar-refractivity contribution in [2.75, 3.05) is 7.11 Å². The van der Waals surface area contributed by atoms with Crippen molar-refractivity contribution < 1.29 is 14.3 Å². The maximum absolute atomic E-state index is 12.9. The lowest BCUT2D eigenvalue weighted by molar-refractivity contribution is -0.127. The number of aromatic nitrogens is 4. The molecule has 0 aliphatic carbocycles. The predicted molar refractivity (Wildman–Crippen MR) is 162 cm³/mol. The van der Waals surface area contributed by atoms with Gasteiger partial charge in [0.05, 0.1) is 25.1 Å². The lowest BCUT2D eigenvalue weighted by atomic mass is 9.74. The normalized spacial score (nSPS) is 13.0. The number of methoxy groups -OCH3 is 1. The van der Waals surface area contributed by atoms with Gasteiger partial charge in [0.1, 0.15) is 11.6 Å². The van der Waals surface area contributed by atoms with Gasteiger partial charge in [0, 0.05) is 23.0 Å². The first-order valence-electron chi connectivity index (χ1n) is 14.0. The molecule has 0 radical (unpaired) electrons. The molecule has 2 heterocycles. The van der Waals surface area contributed by atoms with Gasteiger partial charge in [-0.2, -0.15) is 0 Å². The van der Waals surface area contributed by atoms with Crippen molar-refractivity contribution in [3.8, 4) is 5.75 Å². The molecule has 0 spiro atoms. The molecule has 0 saturated carbocycles. The fourth-order valence-electron chi connectivity index (χ4n) is 5.44. The second-order valence-electron chi connectivity index (χ2n) is 11.1. The molecule has 2 atom stereocenters. The number of aromatic amines is 1. The molecule has 2 aromatic heterocycles. The highest BCUT2D eigenvalue weighted by atomic mass is 16.5. The molecule has 0 saturated heterocycles. The summed E-state index contributed by atoms with van der Waals surface area (Å²) in [5, 5.41) is 13.4. The molecule has 0 bridgehead atoms. The Bertz CT molecular complexity index is 1660. The summed E-state index contributed by atoms with van der Waals surface area (Å²) >= 11 is 0. The number of rotatable bonds is 13. The molecule has 9 heteroatoms. The first kappa shape index (κ1) is 28.6. The summed E-state index contributed by atoms with van der Waals surface area (Å²) in [6.07, 6.45) is 3.69. The third-order valence-electron chi connectivity index (χ3n) is 8.09. The van der Waals surface area contributed by atoms with Gasteiger partial charge in [-0.1, -0.05) is 74.5 Å². The quantitative estimate of drug-likeness (QED) is 0.179. The van der Waals surface area contributed by atoms with Crippen molar-refractivity contribution in [3.05, 3.63) is 113 Å². The minimum Gasteiger partial charge on any atom is -0.497 e. The number of carbonyl (C=O) groups excluding carboxylic acids is 2. The average molecular weight is 565 g/mol. The largest absolute Gasteiger partial charge is 0.497 e. The number of H-pyrrole nitrogens is 1. The Balaban J connectivity index is 1.64. The number of para-hydroxylation sites is 1. The standard InChI is InChI=1S/C33H36N6O3/c1-33(2,32(34)41)27(18-24-19-35-28-12-8-7-11-26(24)28)30-37-38-31(29(36-21-40)17-22-9-5-4-6-10-22)39(30)20-23-13-15-25(42-3)16-14-23/h4-16,19,21,27,29,35H,17-18,20H2,1-3H3,(H2,34,41)(H,36,40)/t27-,29+/m0/s1. The van der Waals surface area contributed by atoms with Gasteiger partial charge in [0.25, 0.3) is 0 Å². The van der Waals surface area contributed by atoms with E-state index in [-0.39, 0.29) is 0 Å². The summed E-state index contributed by atoms with van der Waals surface area (Å²) in [6.45, 7) is 4.13. The van der Waals surface area contributed by atoms with Gasteiger partial charge in [-0.15, -0.1) is 10.2 Å². The number of benzene rings is 3. The number of nitrogens with zero attached hydrogens (tertiary/aromatic N) is 3. The van der Waals surface area contributed by atoms with E-state index in [9.17, 15) is 9.59 Å². The third-order valence-corrected chi connectivity index (χ3v) is 8.09. The van der Waals surface area contributed by atoms with Gasteiger partial charge in [0.2, 0.25) is 12.3 Å². The Morgan fingerprint density at radius 2 is 1.67 bits per heavy atom. The Hall–Kier alpha value is -4.92. The van der Waals surface area contributed by atoms with Crippen molar-refractivity contribution in [1.29, 1.82) is 0 Å². The molecule has 2 amide bonds. The molecule has 0 fully saturated rings. The fourth-order valence-corrected chi connectivity index (χ4v) is 5.44. The Morgan fingerprint density at radius 3 is 2.36 bits per heavy atom. The van der Waals surface area contributed by atoms with E-state index in [2.05, 4.69) is 21.5 Å². The number of amides is 2. The van der Waals surface area contributed by atoms with Crippen LogP contribution in [0.4, 0.5) is 0 Å². The summed E-state index contributed by atoms with van der Waals surface area (Å²) in [7, 11) is 1.63. The highest BCUT2D eigenvalue weighted by Gasteiger charge is 2.40. The number of nitrogens with two attached hydrogens (primary N) is 1. The van der Waals surface area contributed by atoms with Crippen molar-refractivity contribution in [1.82, 2.24) is 25.1 Å². The van der Waals surface area contributed by atoms with Crippen LogP contribution in [0.2, 0.25) is 0 Å². The second kappa shape index (κ2) is 12.3. The summed E-state index contributed by atoms with van der Waals surface area (Å²) in [4.78, 5) is 28.1. The van der Waals surface area contributed by atoms with Crippen LogP contribution in [0.1, 0.15) is 54.1 Å². The second-order valence-corrected chi connectivity index (χ2v) is 11.1. The molecule has 9 nitrogen and oxygen atoms in total. The third kappa shape index (κ3) is 5.90. The number of hydrogen-bond acceptors (Lipinski definition) is 5. The number of ether oxygens (including phenoxy) is 1. The zero-order valence-corrected chi connectivity index (χ0v) is 24.1. The van der Waals surface area contributed by atoms with E-state index in [4.69, 9.17) is 15.6 Å². The Labute approximate surface area is 245 Å². The van der Waals surface area contributed by atoms with Crippen LogP contribution < -0.4 is 15.8 Å². The lowest BCUT2D eigenvalue weighted by Gasteiger charge is -2.31. The predicted octanol–water partition coefficient (Wildman–Crippen LogP) is 4.68. The smallest absolute Gasteiger partial charge is 0.223 e. The summed E-state index contributed by atoms with van der Waals surface area (Å²) < 4.78 is 7.38. The number of primary amides is 1. The maximum Gasteiger partial charge on any atom is 0.223 e. The van der Waals surface area contributed by atoms with Crippen LogP contribution in [0.15, 0.2) is 85.1 Å². The van der Waals surface area contributed by atoms with E-state index in [0.717, 1.165) is 33.3 Å². The molecule has 42 heavy (non-hydrogen) atoms.